The van der Waals surface area contributed by atoms with Crippen LogP contribution in [0, 0.1) is 0 Å². The van der Waals surface area contributed by atoms with Crippen molar-refractivity contribution in [3.05, 3.63) is 41.1 Å². The van der Waals surface area contributed by atoms with E-state index in [-0.39, 0.29) is 23.4 Å². The number of nitrogens with one attached hydrogen (secondary N) is 2. The number of allylic oxidation sites excluding steroid dienone is 1. The first-order valence-corrected chi connectivity index (χ1v) is 11.4. The number of aliphatic carboxylic acids is 1. The third-order valence-corrected chi connectivity index (χ3v) is 6.77. The number of carboxylic acids is 1. The molecule has 10 nitrogen and oxygen atoms in total. The average molecular weight is 490 g/mol. The van der Waals surface area contributed by atoms with Crippen molar-refractivity contribution in [2.75, 3.05) is 10.5 Å². The molecule has 0 spiro atoms. The minimum absolute atomic E-state index is 0.172. The Morgan fingerprint density at radius 1 is 1.33 bits per heavy atom. The number of hydrogen-bond acceptors (Lipinski definition) is 6. The summed E-state index contributed by atoms with van der Waals surface area (Å²) in [5.74, 6) is -3.86. The van der Waals surface area contributed by atoms with Crippen molar-refractivity contribution < 1.29 is 41.1 Å². The van der Waals surface area contributed by atoms with Crippen LogP contribution in [0.4, 0.5) is 18.9 Å². The number of hydrogen-bond donors (Lipinski definition) is 4. The maximum absolute atomic E-state index is 13.2. The molecule has 0 radical (unpaired) electrons. The molecule has 0 bridgehead atoms. The molecular weight excluding hydrogens is 469 g/mol. The molecular formula is C19H21F3N4O6S. The SMILES string of the molecule is CCS(=O)(=O)Nc1cccc([C@@H](N)C(=O)N[C@@H]2C(=O)N3C(C(=O)O)=C(C(F)(F)F)CC[C@H]23)c1. The number of anilines is 1. The zero-order chi connectivity index (χ0) is 24.7. The Labute approximate surface area is 186 Å². The minimum Gasteiger partial charge on any atom is -0.477 e. The Hall–Kier alpha value is -3.13. The van der Waals surface area contributed by atoms with E-state index in [0.717, 1.165) is 0 Å². The molecule has 3 atom stereocenters. The summed E-state index contributed by atoms with van der Waals surface area (Å²) < 4.78 is 65.3. The number of rotatable bonds is 7. The Balaban J connectivity index is 1.75. The fraction of sp³-hybridized carbons (Fsp3) is 0.421. The van der Waals surface area contributed by atoms with Crippen LogP contribution in [0.5, 0.6) is 0 Å². The summed E-state index contributed by atoms with van der Waals surface area (Å²) in [6.07, 6.45) is -5.70. The first kappa shape index (κ1) is 24.5. The number of halogens is 3. The van der Waals surface area contributed by atoms with E-state index in [9.17, 15) is 41.1 Å². The third-order valence-electron chi connectivity index (χ3n) is 5.46. The highest BCUT2D eigenvalue weighted by atomic mass is 32.2. The first-order chi connectivity index (χ1) is 15.3. The molecule has 0 saturated carbocycles. The van der Waals surface area contributed by atoms with Crippen LogP contribution in [0.15, 0.2) is 35.5 Å². The average Bonchev–Trinajstić information content (AvgIpc) is 2.74. The van der Waals surface area contributed by atoms with E-state index in [4.69, 9.17) is 5.73 Å². The zero-order valence-electron chi connectivity index (χ0n) is 17.2. The van der Waals surface area contributed by atoms with Crippen molar-refractivity contribution >= 4 is 33.5 Å². The summed E-state index contributed by atoms with van der Waals surface area (Å²) in [4.78, 5) is 37.0. The zero-order valence-corrected chi connectivity index (χ0v) is 18.0. The molecule has 2 aliphatic heterocycles. The normalized spacial score (nSPS) is 21.7. The quantitative estimate of drug-likeness (QED) is 0.412. The predicted octanol–water partition coefficient (Wildman–Crippen LogP) is 0.838. The number of carbonyl (C=O) groups excluding carboxylic acids is 2. The Bertz CT molecular complexity index is 1130. The van der Waals surface area contributed by atoms with E-state index in [1.54, 1.807) is 0 Å². The van der Waals surface area contributed by atoms with Crippen molar-refractivity contribution in [2.24, 2.45) is 5.73 Å². The number of benzene rings is 1. The second kappa shape index (κ2) is 8.67. The van der Waals surface area contributed by atoms with Gasteiger partial charge in [-0.3, -0.25) is 19.2 Å². The van der Waals surface area contributed by atoms with Gasteiger partial charge < -0.3 is 16.2 Å². The Morgan fingerprint density at radius 3 is 2.58 bits per heavy atom. The molecule has 33 heavy (non-hydrogen) atoms. The van der Waals surface area contributed by atoms with Gasteiger partial charge >= 0.3 is 12.1 Å². The minimum atomic E-state index is -4.90. The van der Waals surface area contributed by atoms with Gasteiger partial charge in [0.15, 0.2) is 0 Å². The second-order valence-corrected chi connectivity index (χ2v) is 9.55. The summed E-state index contributed by atoms with van der Waals surface area (Å²) in [7, 11) is -3.57. The summed E-state index contributed by atoms with van der Waals surface area (Å²) in [5.41, 5.74) is 3.90. The van der Waals surface area contributed by atoms with Crippen LogP contribution < -0.4 is 15.8 Å². The van der Waals surface area contributed by atoms with Crippen molar-refractivity contribution in [3.8, 4) is 0 Å². The smallest absolute Gasteiger partial charge is 0.414 e. The number of amides is 2. The van der Waals surface area contributed by atoms with E-state index >= 15 is 0 Å². The van der Waals surface area contributed by atoms with Crippen LogP contribution in [0.2, 0.25) is 0 Å². The predicted molar refractivity (Wildman–Crippen MR) is 109 cm³/mol. The molecule has 5 N–H and O–H groups in total. The number of sulfonamides is 1. The van der Waals surface area contributed by atoms with Gasteiger partial charge in [-0.2, -0.15) is 13.2 Å². The molecule has 3 rings (SSSR count). The molecule has 2 aliphatic rings. The molecule has 0 aliphatic carbocycles. The fourth-order valence-corrected chi connectivity index (χ4v) is 4.41. The Morgan fingerprint density at radius 2 is 2.00 bits per heavy atom. The van der Waals surface area contributed by atoms with E-state index in [0.29, 0.717) is 4.90 Å². The first-order valence-electron chi connectivity index (χ1n) is 9.80. The number of carbonyl (C=O) groups is 3. The van der Waals surface area contributed by atoms with Crippen molar-refractivity contribution in [2.45, 2.75) is 44.1 Å². The molecule has 2 amide bonds. The lowest BCUT2D eigenvalue weighted by atomic mass is 9.83. The number of nitrogens with zero attached hydrogens (tertiary/aromatic N) is 1. The van der Waals surface area contributed by atoms with Gasteiger partial charge in [0.2, 0.25) is 15.9 Å². The highest BCUT2D eigenvalue weighted by Crippen LogP contribution is 2.42. The number of carboxylic acid groups (broad SMARTS) is 1. The molecule has 1 aromatic rings. The van der Waals surface area contributed by atoms with Gasteiger partial charge in [0.05, 0.1) is 17.4 Å². The lowest BCUT2D eigenvalue weighted by molar-refractivity contribution is -0.159. The van der Waals surface area contributed by atoms with Gasteiger partial charge in [0.1, 0.15) is 17.8 Å². The van der Waals surface area contributed by atoms with Crippen LogP contribution in [-0.2, 0) is 24.4 Å². The molecule has 180 valence electrons. The number of β-lactam (4-membered cyclic amide) rings is 1. The van der Waals surface area contributed by atoms with E-state index in [2.05, 4.69) is 10.0 Å². The van der Waals surface area contributed by atoms with Gasteiger partial charge in [0, 0.05) is 5.69 Å². The topological polar surface area (TPSA) is 159 Å². The van der Waals surface area contributed by atoms with Crippen LogP contribution in [0.1, 0.15) is 31.4 Å². The van der Waals surface area contributed by atoms with Crippen molar-refractivity contribution in [1.82, 2.24) is 10.2 Å². The summed E-state index contributed by atoms with van der Waals surface area (Å²) in [6.45, 7) is 1.44. The van der Waals surface area contributed by atoms with E-state index in [1.807, 2.05) is 0 Å². The van der Waals surface area contributed by atoms with Crippen molar-refractivity contribution in [3.63, 3.8) is 0 Å². The molecule has 14 heteroatoms. The van der Waals surface area contributed by atoms with Gasteiger partial charge in [-0.15, -0.1) is 0 Å². The van der Waals surface area contributed by atoms with E-state index in [1.165, 1.54) is 31.2 Å². The van der Waals surface area contributed by atoms with Crippen LogP contribution in [0.25, 0.3) is 0 Å². The molecule has 1 saturated heterocycles. The highest BCUT2D eigenvalue weighted by molar-refractivity contribution is 7.92. The van der Waals surface area contributed by atoms with Crippen molar-refractivity contribution in [1.29, 1.82) is 0 Å². The third kappa shape index (κ3) is 4.80. The number of alkyl halides is 3. The number of nitrogens with two attached hydrogens (primary N) is 1. The van der Waals surface area contributed by atoms with Gasteiger partial charge in [-0.1, -0.05) is 12.1 Å². The summed E-state index contributed by atoms with van der Waals surface area (Å²) in [5, 5.41) is 11.6. The highest BCUT2D eigenvalue weighted by Gasteiger charge is 2.56. The van der Waals surface area contributed by atoms with Gasteiger partial charge in [-0.25, -0.2) is 13.2 Å². The van der Waals surface area contributed by atoms with E-state index < -0.39 is 69.8 Å². The van der Waals surface area contributed by atoms with Crippen LogP contribution in [-0.4, -0.2) is 60.2 Å². The van der Waals surface area contributed by atoms with Crippen LogP contribution >= 0.6 is 0 Å². The second-order valence-electron chi connectivity index (χ2n) is 7.54. The summed E-state index contributed by atoms with van der Waals surface area (Å²) in [6, 6.07) is 2.23. The standard InChI is InChI=1S/C19H21F3N4O6S/c1-2-33(31,32)25-10-5-3-4-9(8-10)13(23)16(27)24-14-12-7-6-11(19(20,21)22)15(18(29)30)26(12)17(14)28/h3-5,8,12-14,25H,2,6-7,23H2,1H3,(H,24,27)(H,29,30)/t12-,13-,14+/m1/s1. The molecule has 0 unspecified atom stereocenters. The monoisotopic (exact) mass is 490 g/mol. The molecule has 1 aromatic carbocycles. The molecule has 0 aromatic heterocycles. The lowest BCUT2D eigenvalue weighted by Gasteiger charge is -2.50. The van der Waals surface area contributed by atoms with Gasteiger partial charge in [-0.05, 0) is 37.5 Å². The Kier molecular flexibility index (Phi) is 6.44. The summed E-state index contributed by atoms with van der Waals surface area (Å²) >= 11 is 0. The maximum Gasteiger partial charge on any atom is 0.414 e. The number of fused-ring (bicyclic) bond motifs is 1. The van der Waals surface area contributed by atoms with Gasteiger partial charge in [0.25, 0.3) is 5.91 Å². The molecule has 2 heterocycles. The molecule has 1 fully saturated rings. The lowest BCUT2D eigenvalue weighted by Crippen LogP contribution is -2.72. The van der Waals surface area contributed by atoms with Crippen LogP contribution in [0.3, 0.4) is 0 Å². The maximum atomic E-state index is 13.2. The fourth-order valence-electron chi connectivity index (χ4n) is 3.78. The largest absolute Gasteiger partial charge is 0.477 e.